The van der Waals surface area contributed by atoms with Gasteiger partial charge >= 0.3 is 0 Å². The molecule has 108 valence electrons. The highest BCUT2D eigenvalue weighted by atomic mass is 32.2. The number of aliphatic hydroxyl groups is 2. The van der Waals surface area contributed by atoms with Crippen molar-refractivity contribution in [3.8, 4) is 0 Å². The van der Waals surface area contributed by atoms with Gasteiger partial charge in [0.2, 0.25) is 15.0 Å². The fourth-order valence-electron chi connectivity index (χ4n) is 1.80. The Morgan fingerprint density at radius 3 is 2.35 bits per heavy atom. The number of hydrogen-bond acceptors (Lipinski definition) is 5. The third-order valence-electron chi connectivity index (χ3n) is 2.94. The third kappa shape index (κ3) is 2.76. The fraction of sp³-hybridized carbons (Fsp3) is 0.308. The maximum Gasteiger partial charge on any atom is 0.233 e. The van der Waals surface area contributed by atoms with Gasteiger partial charge in [-0.25, -0.2) is 8.42 Å². The van der Waals surface area contributed by atoms with Gasteiger partial charge in [-0.2, -0.15) is 4.39 Å². The summed E-state index contributed by atoms with van der Waals surface area (Å²) in [6.45, 7) is 5.32. The molecule has 0 bridgehead atoms. The van der Waals surface area contributed by atoms with Gasteiger partial charge in [0.05, 0.1) is 11.0 Å². The largest absolute Gasteiger partial charge is 0.388 e. The summed E-state index contributed by atoms with van der Waals surface area (Å²) < 4.78 is 42.6. The van der Waals surface area contributed by atoms with Gasteiger partial charge in [0.1, 0.15) is 18.3 Å². The lowest BCUT2D eigenvalue weighted by Gasteiger charge is -2.10. The number of ether oxygens (including phenoxy) is 1. The predicted octanol–water partition coefficient (Wildman–Crippen LogP) is 0.471. The number of benzene rings is 1. The van der Waals surface area contributed by atoms with Crippen LogP contribution >= 0.6 is 0 Å². The molecule has 2 rings (SSSR count). The summed E-state index contributed by atoms with van der Waals surface area (Å²) in [6, 6.07) is 7.01. The molecule has 0 saturated carbocycles. The molecule has 1 heterocycles. The molecule has 1 saturated heterocycles. The summed E-state index contributed by atoms with van der Waals surface area (Å²) >= 11 is 0. The number of rotatable bonds is 3. The second-order valence-electron chi connectivity index (χ2n) is 4.33. The van der Waals surface area contributed by atoms with Crippen molar-refractivity contribution in [1.82, 2.24) is 0 Å². The molecule has 0 amide bonds. The molecule has 2 radical (unpaired) electrons. The minimum atomic E-state index is -4.30. The fourth-order valence-corrected chi connectivity index (χ4v) is 2.85. The van der Waals surface area contributed by atoms with E-state index in [4.69, 9.17) is 11.7 Å². The van der Waals surface area contributed by atoms with E-state index in [2.05, 4.69) is 0 Å². The first kappa shape index (κ1) is 15.1. The molecule has 1 aromatic carbocycles. The van der Waals surface area contributed by atoms with Crippen LogP contribution in [0.4, 0.5) is 4.39 Å². The van der Waals surface area contributed by atoms with E-state index >= 15 is 0 Å². The summed E-state index contributed by atoms with van der Waals surface area (Å²) in [4.78, 5) is -0.217. The normalized spacial score (nSPS) is 31.5. The van der Waals surface area contributed by atoms with E-state index in [1.165, 1.54) is 24.3 Å². The highest BCUT2D eigenvalue weighted by Crippen LogP contribution is 2.26. The van der Waals surface area contributed by atoms with Crippen LogP contribution in [0.2, 0.25) is 0 Å². The molecule has 1 aromatic rings. The lowest BCUT2D eigenvalue weighted by Crippen LogP contribution is -2.31. The van der Waals surface area contributed by atoms with Crippen molar-refractivity contribution < 1.29 is 27.8 Å². The van der Waals surface area contributed by atoms with Gasteiger partial charge in [0, 0.05) is 0 Å². The monoisotopic (exact) mass is 300 g/mol. The molecule has 2 N–H and O–H groups in total. The van der Waals surface area contributed by atoms with E-state index in [0.29, 0.717) is 6.08 Å². The molecule has 1 fully saturated rings. The summed E-state index contributed by atoms with van der Waals surface area (Å²) in [7, 11) is -4.30. The van der Waals surface area contributed by atoms with Crippen LogP contribution in [0.5, 0.6) is 0 Å². The second kappa shape index (κ2) is 5.61. The van der Waals surface area contributed by atoms with Gasteiger partial charge in [0.15, 0.2) is 0 Å². The van der Waals surface area contributed by atoms with E-state index in [0.717, 1.165) is 0 Å². The van der Waals surface area contributed by atoms with Crippen LogP contribution in [-0.2, 0) is 14.6 Å². The second-order valence-corrected chi connectivity index (χ2v) is 6.20. The first-order valence-corrected chi connectivity index (χ1v) is 7.27. The zero-order valence-electron chi connectivity index (χ0n) is 10.3. The molecule has 7 heteroatoms. The molecule has 5 nitrogen and oxygen atoms in total. The first-order valence-electron chi connectivity index (χ1n) is 5.78. The number of aliphatic hydroxyl groups excluding tert-OH is 2. The van der Waals surface area contributed by atoms with Crippen molar-refractivity contribution in [2.24, 2.45) is 0 Å². The first-order chi connectivity index (χ1) is 9.34. The Kier molecular flexibility index (Phi) is 4.24. The topological polar surface area (TPSA) is 83.8 Å². The minimum absolute atomic E-state index is 0.217. The highest BCUT2D eigenvalue weighted by molar-refractivity contribution is 7.95. The molecular weight excluding hydrogens is 287 g/mol. The van der Waals surface area contributed by atoms with Crippen LogP contribution in [0.1, 0.15) is 0 Å². The van der Waals surface area contributed by atoms with E-state index < -0.39 is 39.4 Å². The average Bonchev–Trinajstić information content (AvgIpc) is 2.67. The summed E-state index contributed by atoms with van der Waals surface area (Å²) in [5.41, 5.74) is 0. The van der Waals surface area contributed by atoms with Crippen LogP contribution in [0.15, 0.2) is 46.5 Å². The van der Waals surface area contributed by atoms with Crippen LogP contribution < -0.4 is 0 Å². The van der Waals surface area contributed by atoms with Gasteiger partial charge in [-0.05, 0) is 25.1 Å². The highest BCUT2D eigenvalue weighted by Gasteiger charge is 2.40. The van der Waals surface area contributed by atoms with Crippen LogP contribution in [0, 0.1) is 6.92 Å². The van der Waals surface area contributed by atoms with E-state index in [1.54, 1.807) is 6.07 Å². The average molecular weight is 300 g/mol. The molecule has 1 aliphatic heterocycles. The Labute approximate surface area is 116 Å². The number of hydrogen-bond donors (Lipinski definition) is 2. The molecule has 0 aromatic heterocycles. The van der Waals surface area contributed by atoms with Gasteiger partial charge in [-0.3, -0.25) is 0 Å². The lowest BCUT2D eigenvalue weighted by molar-refractivity contribution is 0.0389. The van der Waals surface area contributed by atoms with Crippen LogP contribution in [0.3, 0.4) is 0 Å². The number of halogens is 1. The van der Waals surface area contributed by atoms with Crippen molar-refractivity contribution >= 4 is 9.84 Å². The van der Waals surface area contributed by atoms with Crippen molar-refractivity contribution in [2.75, 3.05) is 0 Å². The Morgan fingerprint density at radius 2 is 1.85 bits per heavy atom. The molecule has 0 aliphatic carbocycles. The smallest absolute Gasteiger partial charge is 0.233 e. The van der Waals surface area contributed by atoms with Crippen molar-refractivity contribution in [3.63, 3.8) is 0 Å². The number of sulfone groups is 1. The zero-order chi connectivity index (χ0) is 14.9. The van der Waals surface area contributed by atoms with E-state index in [9.17, 15) is 23.0 Å². The van der Waals surface area contributed by atoms with E-state index in [-0.39, 0.29) is 4.90 Å². The maximum absolute atomic E-state index is 13.9. The summed E-state index contributed by atoms with van der Waals surface area (Å²) in [6.07, 6.45) is -4.80. The van der Waals surface area contributed by atoms with Crippen molar-refractivity contribution in [1.29, 1.82) is 0 Å². The quantitative estimate of drug-likeness (QED) is 0.848. The molecule has 1 aliphatic rings. The summed E-state index contributed by atoms with van der Waals surface area (Å²) in [5.74, 6) is 0. The van der Waals surface area contributed by atoms with Crippen molar-refractivity contribution in [3.05, 3.63) is 48.5 Å². The maximum atomic E-state index is 13.9. The Bertz CT molecular complexity index is 598. The van der Waals surface area contributed by atoms with Crippen LogP contribution in [0.25, 0.3) is 0 Å². The van der Waals surface area contributed by atoms with Crippen LogP contribution in [-0.4, -0.2) is 43.0 Å². The summed E-state index contributed by atoms with van der Waals surface area (Å²) in [5, 5.41) is 17.5. The zero-order valence-corrected chi connectivity index (χ0v) is 11.1. The molecule has 0 spiro atoms. The standard InChI is InChI=1S/C13H13FO5S/c1-8-12(15)13(16)10(19-8)7-11(14)20(17,18)9-5-3-2-4-6-9/h1-8,10,12-13,15-16H/b11-7-/t8-,10+,12?,13-/m0/s1. The van der Waals surface area contributed by atoms with Gasteiger partial charge in [0.25, 0.3) is 0 Å². The van der Waals surface area contributed by atoms with Gasteiger partial charge < -0.3 is 14.9 Å². The molecule has 20 heavy (non-hydrogen) atoms. The minimum Gasteiger partial charge on any atom is -0.388 e. The Morgan fingerprint density at radius 1 is 1.25 bits per heavy atom. The van der Waals surface area contributed by atoms with Gasteiger partial charge in [-0.1, -0.05) is 18.2 Å². The van der Waals surface area contributed by atoms with E-state index in [1.807, 2.05) is 0 Å². The molecular formula is C13H13FO5S. The lowest BCUT2D eigenvalue weighted by atomic mass is 10.1. The van der Waals surface area contributed by atoms with Gasteiger partial charge in [-0.15, -0.1) is 0 Å². The third-order valence-corrected chi connectivity index (χ3v) is 4.49. The predicted molar refractivity (Wildman–Crippen MR) is 67.8 cm³/mol. The SMILES string of the molecule is [CH][C@@H]1O[C@H](/C=C(/F)S(=O)(=O)c2ccccc2)[C@H](O)C1O. The Hall–Kier alpha value is -1.28. The van der Waals surface area contributed by atoms with Crippen molar-refractivity contribution in [2.45, 2.75) is 29.3 Å². The molecule has 4 atom stereocenters. The Balaban J connectivity index is 2.28. The molecule has 1 unspecified atom stereocenters.